The van der Waals surface area contributed by atoms with Crippen LogP contribution in [-0.4, -0.2) is 77.5 Å². The van der Waals surface area contributed by atoms with Crippen molar-refractivity contribution < 1.29 is 28.6 Å². The number of aryl methyl sites for hydroxylation is 1. The van der Waals surface area contributed by atoms with Gasteiger partial charge in [0.15, 0.2) is 12.3 Å². The van der Waals surface area contributed by atoms with Gasteiger partial charge < -0.3 is 24.4 Å². The van der Waals surface area contributed by atoms with Crippen LogP contribution in [0.3, 0.4) is 0 Å². The summed E-state index contributed by atoms with van der Waals surface area (Å²) in [7, 11) is 1.59. The van der Waals surface area contributed by atoms with E-state index in [0.717, 1.165) is 27.3 Å². The molecule has 7 rings (SSSR count). The summed E-state index contributed by atoms with van der Waals surface area (Å²) in [6.45, 7) is 4.92. The zero-order valence-corrected chi connectivity index (χ0v) is 29.2. The minimum atomic E-state index is -0.708. The first-order valence-corrected chi connectivity index (χ1v) is 17.3. The van der Waals surface area contributed by atoms with E-state index in [4.69, 9.17) is 24.3 Å². The van der Waals surface area contributed by atoms with E-state index >= 15 is 0 Å². The summed E-state index contributed by atoms with van der Waals surface area (Å²) in [5.74, 6) is -0.780. The van der Waals surface area contributed by atoms with Gasteiger partial charge in [-0.2, -0.15) is 5.10 Å². The van der Waals surface area contributed by atoms with Crippen molar-refractivity contribution in [3.8, 4) is 33.1 Å². The number of hydrogen-bond acceptors (Lipinski definition) is 9. The molecule has 0 atom stereocenters. The molecule has 51 heavy (non-hydrogen) atoms. The van der Waals surface area contributed by atoms with Crippen LogP contribution in [0.4, 0.5) is 5.00 Å². The number of hydrogen-bond donors (Lipinski definition) is 1. The Balaban J connectivity index is 1.19. The van der Waals surface area contributed by atoms with Crippen LogP contribution in [0, 0.1) is 13.8 Å². The van der Waals surface area contributed by atoms with Gasteiger partial charge in [-0.25, -0.2) is 14.5 Å². The van der Waals surface area contributed by atoms with Gasteiger partial charge in [-0.3, -0.25) is 9.59 Å². The Hall–Kier alpha value is -5.85. The number of carbonyl (C=O) groups is 3. The van der Waals surface area contributed by atoms with Crippen molar-refractivity contribution in [3.05, 3.63) is 113 Å². The van der Waals surface area contributed by atoms with Gasteiger partial charge >= 0.3 is 5.97 Å². The molecule has 1 aliphatic heterocycles. The Morgan fingerprint density at radius 2 is 1.59 bits per heavy atom. The number of ether oxygens (including phenoxy) is 3. The molecule has 1 aliphatic rings. The number of amides is 2. The molecule has 1 fully saturated rings. The monoisotopic (exact) mass is 701 g/mol. The topological polar surface area (TPSA) is 125 Å². The number of thiophene rings is 1. The van der Waals surface area contributed by atoms with Crippen molar-refractivity contribution in [3.63, 3.8) is 0 Å². The zero-order valence-electron chi connectivity index (χ0n) is 28.3. The van der Waals surface area contributed by atoms with Crippen LogP contribution in [-0.2, 0) is 14.3 Å². The van der Waals surface area contributed by atoms with E-state index < -0.39 is 18.5 Å². The predicted molar refractivity (Wildman–Crippen MR) is 196 cm³/mol. The first-order valence-electron chi connectivity index (χ1n) is 16.5. The fourth-order valence-electron chi connectivity index (χ4n) is 6.13. The normalized spacial score (nSPS) is 12.9. The van der Waals surface area contributed by atoms with E-state index in [1.165, 1.54) is 11.3 Å². The Bertz CT molecular complexity index is 2230. The standard InChI is InChI=1S/C39H35N5O6S/c1-24-33(38(46)43-18-20-49-21-19-43)37(51-35(24)27-10-6-4-7-11-27)41-32(45)23-50-39(47)30-22-31(26-14-16-29(48-3)17-15-26)40-36-34(30)25(2)42-44(36)28-12-8-5-9-13-28/h4-17,22H,18-21,23H2,1-3H3,(H,41,45). The molecule has 11 nitrogen and oxygen atoms in total. The largest absolute Gasteiger partial charge is 0.497 e. The third kappa shape index (κ3) is 6.83. The van der Waals surface area contributed by atoms with Gasteiger partial charge in [0, 0.05) is 23.5 Å². The SMILES string of the molecule is COc1ccc(-c2cc(C(=O)OCC(=O)Nc3sc(-c4ccccc4)c(C)c3C(=O)N3CCOCC3)c3c(C)nn(-c4ccccc4)c3n2)cc1. The molecule has 1 saturated heterocycles. The number of esters is 1. The lowest BCUT2D eigenvalue weighted by atomic mass is 10.1. The van der Waals surface area contributed by atoms with Crippen LogP contribution in [0.25, 0.3) is 38.4 Å². The highest BCUT2D eigenvalue weighted by Gasteiger charge is 2.29. The van der Waals surface area contributed by atoms with Crippen LogP contribution in [0.15, 0.2) is 91.0 Å². The molecule has 0 unspecified atom stereocenters. The van der Waals surface area contributed by atoms with Crippen LogP contribution in [0.5, 0.6) is 5.75 Å². The van der Waals surface area contributed by atoms with E-state index in [2.05, 4.69) is 5.32 Å². The highest BCUT2D eigenvalue weighted by molar-refractivity contribution is 7.20. The highest BCUT2D eigenvalue weighted by atomic mass is 32.1. The number of nitrogens with one attached hydrogen (secondary N) is 1. The molecular weight excluding hydrogens is 667 g/mol. The molecule has 2 amide bonds. The van der Waals surface area contributed by atoms with Crippen LogP contribution < -0.4 is 10.1 Å². The number of carbonyl (C=O) groups excluding carboxylic acids is 3. The lowest BCUT2D eigenvalue weighted by Crippen LogP contribution is -2.41. The first-order chi connectivity index (χ1) is 24.8. The smallest absolute Gasteiger partial charge is 0.339 e. The van der Waals surface area contributed by atoms with Gasteiger partial charge in [0.25, 0.3) is 11.8 Å². The molecular formula is C39H35N5O6S. The molecule has 258 valence electrons. The lowest BCUT2D eigenvalue weighted by Gasteiger charge is -2.27. The number of fused-ring (bicyclic) bond motifs is 1. The highest BCUT2D eigenvalue weighted by Crippen LogP contribution is 2.40. The molecule has 0 bridgehead atoms. The quantitative estimate of drug-likeness (QED) is 0.165. The predicted octanol–water partition coefficient (Wildman–Crippen LogP) is 6.71. The summed E-state index contributed by atoms with van der Waals surface area (Å²) in [5, 5.41) is 8.51. The second kappa shape index (κ2) is 14.6. The van der Waals surface area contributed by atoms with Crippen molar-refractivity contribution in [1.29, 1.82) is 0 Å². The van der Waals surface area contributed by atoms with E-state index in [-0.39, 0.29) is 11.5 Å². The van der Waals surface area contributed by atoms with Gasteiger partial charge in [-0.1, -0.05) is 48.5 Å². The minimum Gasteiger partial charge on any atom is -0.497 e. The summed E-state index contributed by atoms with van der Waals surface area (Å²) in [6.07, 6.45) is 0. The molecule has 4 heterocycles. The van der Waals surface area contributed by atoms with E-state index in [0.29, 0.717) is 65.0 Å². The zero-order chi connectivity index (χ0) is 35.5. The van der Waals surface area contributed by atoms with Crippen molar-refractivity contribution in [2.45, 2.75) is 13.8 Å². The van der Waals surface area contributed by atoms with Crippen molar-refractivity contribution >= 4 is 45.2 Å². The summed E-state index contributed by atoms with van der Waals surface area (Å²) < 4.78 is 18.1. The Labute approximate surface area is 298 Å². The number of pyridine rings is 1. The fourth-order valence-corrected chi connectivity index (χ4v) is 7.35. The molecule has 3 aromatic carbocycles. The molecule has 12 heteroatoms. The molecule has 1 N–H and O–H groups in total. The number of aromatic nitrogens is 3. The number of morpholine rings is 1. The molecule has 0 radical (unpaired) electrons. The van der Waals surface area contributed by atoms with Crippen molar-refractivity contribution in [2.24, 2.45) is 0 Å². The van der Waals surface area contributed by atoms with Crippen LogP contribution in [0.2, 0.25) is 0 Å². The van der Waals surface area contributed by atoms with Gasteiger partial charge in [0.05, 0.1) is 53.9 Å². The average Bonchev–Trinajstić information content (AvgIpc) is 3.69. The third-order valence-corrected chi connectivity index (χ3v) is 9.96. The van der Waals surface area contributed by atoms with Crippen molar-refractivity contribution in [2.75, 3.05) is 45.3 Å². The van der Waals surface area contributed by atoms with Gasteiger partial charge in [0.1, 0.15) is 10.8 Å². The number of anilines is 1. The Morgan fingerprint density at radius 3 is 2.27 bits per heavy atom. The maximum atomic E-state index is 13.9. The fraction of sp³-hybridized carbons (Fsp3) is 0.205. The maximum Gasteiger partial charge on any atom is 0.339 e. The lowest BCUT2D eigenvalue weighted by molar-refractivity contribution is -0.119. The third-order valence-electron chi connectivity index (χ3n) is 8.70. The van der Waals surface area contributed by atoms with E-state index in [1.54, 1.807) is 29.7 Å². The summed E-state index contributed by atoms with van der Waals surface area (Å²) in [4.78, 5) is 48.6. The van der Waals surface area contributed by atoms with Gasteiger partial charge in [-0.05, 0) is 67.4 Å². The minimum absolute atomic E-state index is 0.183. The number of benzene rings is 3. The Kier molecular flexibility index (Phi) is 9.60. The van der Waals surface area contributed by atoms with E-state index in [1.807, 2.05) is 91.9 Å². The number of nitrogens with zero attached hydrogens (tertiary/aromatic N) is 4. The van der Waals surface area contributed by atoms with Crippen LogP contribution >= 0.6 is 11.3 Å². The summed E-state index contributed by atoms with van der Waals surface area (Å²) in [5.41, 5.74) is 5.44. The first kappa shape index (κ1) is 33.6. The van der Waals surface area contributed by atoms with Gasteiger partial charge in [0.2, 0.25) is 0 Å². The maximum absolute atomic E-state index is 13.9. The molecule has 0 saturated carbocycles. The molecule has 6 aromatic rings. The molecule has 0 spiro atoms. The summed E-state index contributed by atoms with van der Waals surface area (Å²) >= 11 is 1.32. The van der Waals surface area contributed by atoms with Crippen LogP contribution in [0.1, 0.15) is 32.0 Å². The number of methoxy groups -OCH3 is 1. The van der Waals surface area contributed by atoms with Gasteiger partial charge in [-0.15, -0.1) is 11.3 Å². The number of para-hydroxylation sites is 1. The average molecular weight is 702 g/mol. The second-order valence-electron chi connectivity index (χ2n) is 12.0. The van der Waals surface area contributed by atoms with Crippen molar-refractivity contribution in [1.82, 2.24) is 19.7 Å². The summed E-state index contributed by atoms with van der Waals surface area (Å²) in [6, 6.07) is 28.2. The molecule has 0 aliphatic carbocycles. The molecule has 3 aromatic heterocycles. The second-order valence-corrected chi connectivity index (χ2v) is 13.0. The number of rotatable bonds is 9. The Morgan fingerprint density at radius 1 is 0.902 bits per heavy atom. The van der Waals surface area contributed by atoms with E-state index in [9.17, 15) is 14.4 Å².